The lowest BCUT2D eigenvalue weighted by Gasteiger charge is -2.14. The Morgan fingerprint density at radius 3 is 2.55 bits per heavy atom. The molecule has 20 heavy (non-hydrogen) atoms. The smallest absolute Gasteiger partial charge is 0.145 e. The largest absolute Gasteiger partial charge is 0.476 e. The Morgan fingerprint density at radius 1 is 1.10 bits per heavy atom. The van der Waals surface area contributed by atoms with Crippen LogP contribution in [-0.4, -0.2) is 13.8 Å². The molecule has 3 nitrogen and oxygen atoms in total. The summed E-state index contributed by atoms with van der Waals surface area (Å²) in [6, 6.07) is 14.0. The lowest BCUT2D eigenvalue weighted by molar-refractivity contribution is 0.297. The second-order valence-electron chi connectivity index (χ2n) is 4.59. The van der Waals surface area contributed by atoms with E-state index in [9.17, 15) is 0 Å². The number of anilines is 1. The Bertz CT molecular complexity index is 555. The topological polar surface area (TPSA) is 33.3 Å². The van der Waals surface area contributed by atoms with Crippen LogP contribution < -0.4 is 15.4 Å². The minimum atomic E-state index is 0.444. The molecule has 0 unspecified atom stereocenters. The molecule has 0 radical (unpaired) electrons. The van der Waals surface area contributed by atoms with Crippen LogP contribution >= 0.6 is 11.6 Å². The molecule has 0 spiro atoms. The third-order valence-corrected chi connectivity index (χ3v) is 3.25. The fourth-order valence-electron chi connectivity index (χ4n) is 1.84. The first-order valence-electron chi connectivity index (χ1n) is 6.56. The maximum Gasteiger partial charge on any atom is 0.145 e. The summed E-state index contributed by atoms with van der Waals surface area (Å²) in [5.74, 6) is 0.749. The summed E-state index contributed by atoms with van der Waals surface area (Å²) in [4.78, 5) is 0. The van der Waals surface area contributed by atoms with E-state index in [0.717, 1.165) is 11.4 Å². The molecule has 0 aliphatic heterocycles. The van der Waals surface area contributed by atoms with Gasteiger partial charge in [-0.25, -0.2) is 0 Å². The maximum atomic E-state index is 6.24. The molecule has 0 aliphatic carbocycles. The van der Waals surface area contributed by atoms with E-state index in [1.807, 2.05) is 25.2 Å². The lowest BCUT2D eigenvalue weighted by Crippen LogP contribution is -2.15. The second-order valence-corrected chi connectivity index (χ2v) is 5.00. The summed E-state index contributed by atoms with van der Waals surface area (Å²) in [5, 5.41) is 6.95. The molecule has 0 fully saturated rings. The number of aryl methyl sites for hydroxylation is 1. The van der Waals surface area contributed by atoms with E-state index in [0.29, 0.717) is 18.3 Å². The summed E-state index contributed by atoms with van der Waals surface area (Å²) < 4.78 is 5.62. The number of rotatable bonds is 6. The number of ether oxygens (including phenoxy) is 1. The van der Waals surface area contributed by atoms with Crippen molar-refractivity contribution in [2.24, 2.45) is 0 Å². The molecule has 4 heteroatoms. The van der Waals surface area contributed by atoms with E-state index in [1.54, 1.807) is 0 Å². The fourth-order valence-corrected chi connectivity index (χ4v) is 2.08. The monoisotopic (exact) mass is 290 g/mol. The third-order valence-electron chi connectivity index (χ3n) is 2.94. The quantitative estimate of drug-likeness (QED) is 0.794. The van der Waals surface area contributed by atoms with Crippen molar-refractivity contribution in [3.8, 4) is 5.75 Å². The summed E-state index contributed by atoms with van der Waals surface area (Å²) in [7, 11) is 1.84. The van der Waals surface area contributed by atoms with Crippen molar-refractivity contribution in [2.45, 2.75) is 13.5 Å². The summed E-state index contributed by atoms with van der Waals surface area (Å²) in [6.45, 7) is 3.23. The molecule has 0 saturated carbocycles. The van der Waals surface area contributed by atoms with Gasteiger partial charge in [-0.2, -0.15) is 0 Å². The van der Waals surface area contributed by atoms with E-state index in [-0.39, 0.29) is 0 Å². The van der Waals surface area contributed by atoms with Gasteiger partial charge in [-0.3, -0.25) is 5.32 Å². The van der Waals surface area contributed by atoms with Gasteiger partial charge in [-0.05, 0) is 31.7 Å². The number of hydrogen-bond donors (Lipinski definition) is 2. The Kier molecular flexibility index (Phi) is 5.27. The highest BCUT2D eigenvalue weighted by Gasteiger charge is 2.07. The number of halogens is 1. The van der Waals surface area contributed by atoms with Crippen molar-refractivity contribution in [1.29, 1.82) is 0 Å². The third kappa shape index (κ3) is 3.89. The predicted molar refractivity (Wildman–Crippen MR) is 84.5 cm³/mol. The average molecular weight is 291 g/mol. The molecule has 0 bridgehead atoms. The zero-order chi connectivity index (χ0) is 14.4. The van der Waals surface area contributed by atoms with Gasteiger partial charge in [0.1, 0.15) is 12.5 Å². The van der Waals surface area contributed by atoms with Crippen LogP contribution in [0, 0.1) is 6.92 Å². The molecule has 2 rings (SSSR count). The minimum Gasteiger partial charge on any atom is -0.476 e. The van der Waals surface area contributed by atoms with Crippen molar-refractivity contribution >= 4 is 17.3 Å². The zero-order valence-electron chi connectivity index (χ0n) is 11.7. The van der Waals surface area contributed by atoms with Gasteiger partial charge in [0.05, 0.1) is 10.7 Å². The molecule has 106 valence electrons. The summed E-state index contributed by atoms with van der Waals surface area (Å²) in [6.07, 6.45) is 0. The van der Waals surface area contributed by atoms with Gasteiger partial charge in [-0.15, -0.1) is 0 Å². The molecular weight excluding hydrogens is 272 g/mol. The van der Waals surface area contributed by atoms with Crippen molar-refractivity contribution in [2.75, 3.05) is 19.1 Å². The number of para-hydroxylation sites is 1. The van der Waals surface area contributed by atoms with Crippen molar-refractivity contribution in [3.63, 3.8) is 0 Å². The van der Waals surface area contributed by atoms with Crippen molar-refractivity contribution < 1.29 is 4.74 Å². The van der Waals surface area contributed by atoms with Crippen molar-refractivity contribution in [1.82, 2.24) is 5.32 Å². The van der Waals surface area contributed by atoms with Crippen LogP contribution in [0.2, 0.25) is 5.02 Å². The highest BCUT2D eigenvalue weighted by Crippen LogP contribution is 2.32. The van der Waals surface area contributed by atoms with Gasteiger partial charge in [0.25, 0.3) is 0 Å². The highest BCUT2D eigenvalue weighted by atomic mass is 35.5. The molecule has 0 aromatic heterocycles. The molecule has 0 heterocycles. The van der Waals surface area contributed by atoms with Gasteiger partial charge in [0.15, 0.2) is 0 Å². The van der Waals surface area contributed by atoms with Crippen LogP contribution in [0.4, 0.5) is 5.69 Å². The number of benzene rings is 2. The first-order valence-corrected chi connectivity index (χ1v) is 6.94. The Balaban J connectivity index is 2.09. The normalized spacial score (nSPS) is 10.3. The standard InChI is InChI=1S/C16H19ClN2O/c1-12-6-8-13(9-7-12)10-19-16-14(17)4-3-5-15(16)20-11-18-2/h3-9,18-19H,10-11H2,1-2H3. The molecule has 0 amide bonds. The van der Waals surface area contributed by atoms with E-state index >= 15 is 0 Å². The summed E-state index contributed by atoms with van der Waals surface area (Å²) >= 11 is 6.24. The van der Waals surface area contributed by atoms with E-state index in [1.165, 1.54) is 11.1 Å². The lowest BCUT2D eigenvalue weighted by atomic mass is 10.1. The Hall–Kier alpha value is -1.71. The fraction of sp³-hybridized carbons (Fsp3) is 0.250. The minimum absolute atomic E-state index is 0.444. The Morgan fingerprint density at radius 2 is 1.85 bits per heavy atom. The van der Waals surface area contributed by atoms with Crippen LogP contribution in [-0.2, 0) is 6.54 Å². The molecule has 2 aromatic carbocycles. The molecule has 0 aliphatic rings. The molecule has 0 atom stereocenters. The Labute approximate surface area is 124 Å². The van der Waals surface area contributed by atoms with Gasteiger partial charge in [0.2, 0.25) is 0 Å². The first kappa shape index (κ1) is 14.7. The highest BCUT2D eigenvalue weighted by molar-refractivity contribution is 6.33. The maximum absolute atomic E-state index is 6.24. The zero-order valence-corrected chi connectivity index (χ0v) is 12.5. The molecular formula is C16H19ClN2O. The van der Waals surface area contributed by atoms with Crippen LogP contribution in [0.1, 0.15) is 11.1 Å². The predicted octanol–water partition coefficient (Wildman–Crippen LogP) is 3.82. The number of nitrogens with one attached hydrogen (secondary N) is 2. The average Bonchev–Trinajstić information content (AvgIpc) is 2.46. The van der Waals surface area contributed by atoms with Gasteiger partial charge >= 0.3 is 0 Å². The second kappa shape index (κ2) is 7.17. The van der Waals surface area contributed by atoms with E-state index in [4.69, 9.17) is 16.3 Å². The first-order chi connectivity index (χ1) is 9.70. The molecule has 2 aromatic rings. The van der Waals surface area contributed by atoms with Crippen LogP contribution in [0.15, 0.2) is 42.5 Å². The van der Waals surface area contributed by atoms with Crippen LogP contribution in [0.3, 0.4) is 0 Å². The number of hydrogen-bond acceptors (Lipinski definition) is 3. The van der Waals surface area contributed by atoms with Gasteiger partial charge in [0, 0.05) is 6.54 Å². The van der Waals surface area contributed by atoms with Crippen LogP contribution in [0.5, 0.6) is 5.75 Å². The van der Waals surface area contributed by atoms with Gasteiger partial charge < -0.3 is 10.1 Å². The van der Waals surface area contributed by atoms with Crippen LogP contribution in [0.25, 0.3) is 0 Å². The molecule has 0 saturated heterocycles. The van der Waals surface area contributed by atoms with E-state index < -0.39 is 0 Å². The van der Waals surface area contributed by atoms with Gasteiger partial charge in [-0.1, -0.05) is 47.5 Å². The van der Waals surface area contributed by atoms with E-state index in [2.05, 4.69) is 41.8 Å². The van der Waals surface area contributed by atoms with Crippen molar-refractivity contribution in [3.05, 3.63) is 58.6 Å². The molecule has 2 N–H and O–H groups in total. The summed E-state index contributed by atoms with van der Waals surface area (Å²) in [5.41, 5.74) is 3.28. The SMILES string of the molecule is CNCOc1cccc(Cl)c1NCc1ccc(C)cc1.